The lowest BCUT2D eigenvalue weighted by atomic mass is 9.84. The lowest BCUT2D eigenvalue weighted by Crippen LogP contribution is -2.40. The van der Waals surface area contributed by atoms with Crippen molar-refractivity contribution in [3.63, 3.8) is 0 Å². The number of nitrogens with zero attached hydrogens (tertiary/aromatic N) is 1. The number of halogens is 1. The molecule has 0 spiro atoms. The Kier molecular flexibility index (Phi) is 9.50. The summed E-state index contributed by atoms with van der Waals surface area (Å²) >= 11 is 6.24. The maximum atomic E-state index is 11.7. The van der Waals surface area contributed by atoms with E-state index in [-0.39, 0.29) is 18.6 Å². The van der Waals surface area contributed by atoms with Crippen molar-refractivity contribution in [2.24, 2.45) is 5.92 Å². The highest BCUT2D eigenvalue weighted by atomic mass is 35.5. The highest BCUT2D eigenvalue weighted by Gasteiger charge is 2.38. The van der Waals surface area contributed by atoms with Crippen LogP contribution in [0.1, 0.15) is 68.7 Å². The first-order valence-corrected chi connectivity index (χ1v) is 13.2. The molecule has 0 aliphatic carbocycles. The fraction of sp³-hybridized carbons (Fsp3) is 0.586. The fourth-order valence-electron chi connectivity index (χ4n) is 5.10. The Bertz CT molecular complexity index is 997. The zero-order valence-corrected chi connectivity index (χ0v) is 22.9. The van der Waals surface area contributed by atoms with Crippen molar-refractivity contribution in [1.29, 1.82) is 0 Å². The summed E-state index contributed by atoms with van der Waals surface area (Å²) in [5.41, 5.74) is 3.58. The maximum Gasteiger partial charge on any atom is 0.137 e. The monoisotopic (exact) mass is 503 g/mol. The minimum Gasteiger partial charge on any atom is -0.495 e. The molecule has 0 radical (unpaired) electrons. The van der Waals surface area contributed by atoms with Gasteiger partial charge >= 0.3 is 0 Å². The van der Waals surface area contributed by atoms with E-state index in [0.29, 0.717) is 36.3 Å². The van der Waals surface area contributed by atoms with Crippen LogP contribution >= 0.6 is 11.6 Å². The summed E-state index contributed by atoms with van der Waals surface area (Å²) in [6.07, 6.45) is 3.46. The SMILES string of the molecule is CCC(O)(CC1CCC(C)N1Cc1ccc(OCC(C)CO)c(C)c1C)c1ccc(Cl)c(OC)c1. The lowest BCUT2D eigenvalue weighted by Gasteiger charge is -2.36. The molecule has 0 saturated carbocycles. The predicted molar refractivity (Wildman–Crippen MR) is 142 cm³/mol. The fourth-order valence-corrected chi connectivity index (χ4v) is 5.29. The van der Waals surface area contributed by atoms with Crippen LogP contribution in [0.2, 0.25) is 5.02 Å². The van der Waals surface area contributed by atoms with Gasteiger partial charge in [-0.1, -0.05) is 37.6 Å². The van der Waals surface area contributed by atoms with Crippen LogP contribution < -0.4 is 9.47 Å². The zero-order chi connectivity index (χ0) is 25.8. The molecule has 1 saturated heterocycles. The molecule has 0 amide bonds. The lowest BCUT2D eigenvalue weighted by molar-refractivity contribution is -0.00415. The second-order valence-corrected chi connectivity index (χ2v) is 10.7. The van der Waals surface area contributed by atoms with Gasteiger partial charge in [0.25, 0.3) is 0 Å². The van der Waals surface area contributed by atoms with E-state index in [1.165, 1.54) is 11.1 Å². The molecule has 0 bridgehead atoms. The number of likely N-dealkylation sites (tertiary alicyclic amines) is 1. The van der Waals surface area contributed by atoms with Crippen LogP contribution in [0.3, 0.4) is 0 Å². The molecule has 2 aromatic rings. The molecule has 6 heteroatoms. The minimum atomic E-state index is -0.948. The molecule has 1 fully saturated rings. The number of rotatable bonds is 11. The van der Waals surface area contributed by atoms with Gasteiger partial charge in [-0.2, -0.15) is 0 Å². The normalized spacial score (nSPS) is 21.1. The smallest absolute Gasteiger partial charge is 0.137 e. The average molecular weight is 504 g/mol. The van der Waals surface area contributed by atoms with E-state index in [0.717, 1.165) is 36.3 Å². The Morgan fingerprint density at radius 3 is 2.54 bits per heavy atom. The van der Waals surface area contributed by atoms with Crippen LogP contribution in [-0.2, 0) is 12.1 Å². The van der Waals surface area contributed by atoms with Crippen LogP contribution in [0.25, 0.3) is 0 Å². The summed E-state index contributed by atoms with van der Waals surface area (Å²) in [7, 11) is 1.60. The number of ether oxygens (including phenoxy) is 2. The highest BCUT2D eigenvalue weighted by Crippen LogP contribution is 2.40. The van der Waals surface area contributed by atoms with E-state index >= 15 is 0 Å². The van der Waals surface area contributed by atoms with Crippen molar-refractivity contribution in [2.45, 2.75) is 84.5 Å². The van der Waals surface area contributed by atoms with Gasteiger partial charge < -0.3 is 19.7 Å². The topological polar surface area (TPSA) is 62.2 Å². The van der Waals surface area contributed by atoms with Gasteiger partial charge in [0.15, 0.2) is 0 Å². The number of hydrogen-bond donors (Lipinski definition) is 2. The summed E-state index contributed by atoms with van der Waals surface area (Å²) in [4.78, 5) is 2.55. The van der Waals surface area contributed by atoms with Crippen LogP contribution in [0.5, 0.6) is 11.5 Å². The predicted octanol–water partition coefficient (Wildman–Crippen LogP) is 6.01. The third-order valence-corrected chi connectivity index (χ3v) is 8.15. The van der Waals surface area contributed by atoms with Crippen LogP contribution in [0.15, 0.2) is 30.3 Å². The number of methoxy groups -OCH3 is 1. The first kappa shape index (κ1) is 27.8. The number of benzene rings is 2. The van der Waals surface area contributed by atoms with Gasteiger partial charge in [0.1, 0.15) is 11.5 Å². The standard InChI is InChI=1S/C29H42ClNO4/c1-7-29(33,24-10-12-26(30)28(14-24)34-6)15-25-11-8-20(3)31(25)16-23-9-13-27(22(5)21(23)4)35-18-19(2)17-32/h9-10,12-14,19-20,25,32-33H,7-8,11,15-18H2,1-6H3. The maximum absolute atomic E-state index is 11.7. The Hall–Kier alpha value is -1.79. The molecule has 1 aliphatic rings. The van der Waals surface area contributed by atoms with Crippen molar-refractivity contribution in [1.82, 2.24) is 4.90 Å². The van der Waals surface area contributed by atoms with Crippen LogP contribution in [-0.4, -0.2) is 47.5 Å². The number of aliphatic hydroxyl groups is 2. The largest absolute Gasteiger partial charge is 0.495 e. The van der Waals surface area contributed by atoms with E-state index in [2.05, 4.69) is 37.8 Å². The van der Waals surface area contributed by atoms with E-state index in [4.69, 9.17) is 21.1 Å². The van der Waals surface area contributed by atoms with Gasteiger partial charge in [0, 0.05) is 31.2 Å². The quantitative estimate of drug-likeness (QED) is 0.393. The highest BCUT2D eigenvalue weighted by molar-refractivity contribution is 6.32. The summed E-state index contributed by atoms with van der Waals surface area (Å²) in [6.45, 7) is 12.0. The first-order chi connectivity index (χ1) is 16.6. The Morgan fingerprint density at radius 1 is 1.14 bits per heavy atom. The molecule has 0 aromatic heterocycles. The molecule has 2 aromatic carbocycles. The van der Waals surface area contributed by atoms with E-state index in [9.17, 15) is 10.2 Å². The molecule has 1 aliphatic heterocycles. The molecular formula is C29H42ClNO4. The van der Waals surface area contributed by atoms with Gasteiger partial charge in [-0.25, -0.2) is 0 Å². The molecule has 2 N–H and O–H groups in total. The average Bonchev–Trinajstić information content (AvgIpc) is 3.19. The number of hydrogen-bond acceptors (Lipinski definition) is 5. The zero-order valence-electron chi connectivity index (χ0n) is 22.1. The number of aliphatic hydroxyl groups excluding tert-OH is 1. The Labute approximate surface area is 216 Å². The molecule has 5 nitrogen and oxygen atoms in total. The van der Waals surface area contributed by atoms with Gasteiger partial charge in [0.2, 0.25) is 0 Å². The van der Waals surface area contributed by atoms with E-state index < -0.39 is 5.60 Å². The second kappa shape index (κ2) is 12.0. The van der Waals surface area contributed by atoms with Gasteiger partial charge in [-0.15, -0.1) is 0 Å². The van der Waals surface area contributed by atoms with Gasteiger partial charge in [-0.3, -0.25) is 4.90 Å². The summed E-state index contributed by atoms with van der Waals surface area (Å²) in [5, 5.41) is 21.6. The molecule has 4 atom stereocenters. The van der Waals surface area contributed by atoms with E-state index in [1.54, 1.807) is 7.11 Å². The molecule has 3 rings (SSSR count). The molecule has 1 heterocycles. The first-order valence-electron chi connectivity index (χ1n) is 12.8. The van der Waals surface area contributed by atoms with Crippen molar-refractivity contribution in [3.05, 3.63) is 57.6 Å². The van der Waals surface area contributed by atoms with Crippen LogP contribution in [0, 0.1) is 19.8 Å². The Balaban J connectivity index is 1.79. The van der Waals surface area contributed by atoms with E-state index in [1.807, 2.05) is 32.0 Å². The third-order valence-electron chi connectivity index (χ3n) is 7.84. The Morgan fingerprint density at radius 2 is 1.89 bits per heavy atom. The van der Waals surface area contributed by atoms with Crippen LogP contribution in [0.4, 0.5) is 0 Å². The third kappa shape index (κ3) is 6.32. The van der Waals surface area contributed by atoms with Crippen molar-refractivity contribution >= 4 is 11.6 Å². The van der Waals surface area contributed by atoms with Gasteiger partial charge in [0.05, 0.1) is 24.3 Å². The molecule has 35 heavy (non-hydrogen) atoms. The molecule has 194 valence electrons. The van der Waals surface area contributed by atoms with Crippen molar-refractivity contribution < 1.29 is 19.7 Å². The van der Waals surface area contributed by atoms with Crippen molar-refractivity contribution in [3.8, 4) is 11.5 Å². The van der Waals surface area contributed by atoms with Gasteiger partial charge in [-0.05, 0) is 86.9 Å². The summed E-state index contributed by atoms with van der Waals surface area (Å²) in [6, 6.07) is 10.5. The second-order valence-electron chi connectivity index (χ2n) is 10.3. The van der Waals surface area contributed by atoms with Crippen molar-refractivity contribution in [2.75, 3.05) is 20.3 Å². The summed E-state index contributed by atoms with van der Waals surface area (Å²) < 4.78 is 11.4. The minimum absolute atomic E-state index is 0.110. The summed E-state index contributed by atoms with van der Waals surface area (Å²) in [5.74, 6) is 1.59. The molecular weight excluding hydrogens is 462 g/mol. The molecule has 4 unspecified atom stereocenters.